The van der Waals surface area contributed by atoms with E-state index in [4.69, 9.17) is 0 Å². The maximum Gasteiger partial charge on any atom is 0.259 e. The molecule has 3 rings (SSSR count). The number of rotatable bonds is 1. The number of benzene rings is 1. The van der Waals surface area contributed by atoms with E-state index in [2.05, 4.69) is 9.97 Å². The molecule has 0 radical (unpaired) electrons. The number of aromatic amines is 1. The molecule has 0 atom stereocenters. The zero-order chi connectivity index (χ0) is 12.7. The molecule has 3 nitrogen and oxygen atoms in total. The topological polar surface area (TPSA) is 45.8 Å². The van der Waals surface area contributed by atoms with Crippen molar-refractivity contribution in [1.29, 1.82) is 0 Å². The molecule has 0 spiro atoms. The Labute approximate surface area is 106 Å². The molecule has 0 aliphatic carbocycles. The van der Waals surface area contributed by atoms with Crippen LogP contribution in [0.25, 0.3) is 21.6 Å². The third kappa shape index (κ3) is 1.73. The van der Waals surface area contributed by atoms with Gasteiger partial charge in [0.2, 0.25) is 0 Å². The second-order valence-electron chi connectivity index (χ2n) is 3.97. The Bertz CT molecular complexity index is 791. The van der Waals surface area contributed by atoms with Crippen molar-refractivity contribution < 1.29 is 4.39 Å². The van der Waals surface area contributed by atoms with Gasteiger partial charge in [0.15, 0.2) is 0 Å². The lowest BCUT2D eigenvalue weighted by Crippen LogP contribution is -2.08. The Hall–Kier alpha value is -2.01. The van der Waals surface area contributed by atoms with Crippen LogP contribution in [-0.2, 0) is 0 Å². The van der Waals surface area contributed by atoms with E-state index >= 15 is 0 Å². The molecule has 18 heavy (non-hydrogen) atoms. The molecule has 90 valence electrons. The largest absolute Gasteiger partial charge is 0.306 e. The highest BCUT2D eigenvalue weighted by molar-refractivity contribution is 7.18. The molecular weight excluding hydrogens is 251 g/mol. The minimum Gasteiger partial charge on any atom is -0.306 e. The molecule has 5 heteroatoms. The Morgan fingerprint density at radius 2 is 2.11 bits per heavy atom. The van der Waals surface area contributed by atoms with Gasteiger partial charge in [0.25, 0.3) is 5.56 Å². The summed E-state index contributed by atoms with van der Waals surface area (Å²) >= 11 is 1.43. The summed E-state index contributed by atoms with van der Waals surface area (Å²) in [5.74, 6) is -0.124. The summed E-state index contributed by atoms with van der Waals surface area (Å²) in [5.41, 5.74) is 0.0742. The number of thiophene rings is 1. The lowest BCUT2D eigenvalue weighted by molar-refractivity contribution is 0.630. The summed E-state index contributed by atoms with van der Waals surface area (Å²) in [6.07, 6.45) is 0. The molecule has 0 bridgehead atoms. The van der Waals surface area contributed by atoms with Gasteiger partial charge in [0.1, 0.15) is 16.5 Å². The standard InChI is InChI=1S/C13H9FN2OS/c1-7-6-9-12(17)15-11(16-13(9)18-7)8-4-2-3-5-10(8)14/h2-6H,1H3,(H,15,16,17). The Morgan fingerprint density at radius 3 is 2.89 bits per heavy atom. The Kier molecular flexibility index (Phi) is 2.48. The molecular formula is C13H9FN2OS. The van der Waals surface area contributed by atoms with Crippen molar-refractivity contribution in [3.8, 4) is 11.4 Å². The first-order valence-corrected chi connectivity index (χ1v) is 6.22. The summed E-state index contributed by atoms with van der Waals surface area (Å²) in [5, 5.41) is 0.553. The van der Waals surface area contributed by atoms with Crippen molar-refractivity contribution in [2.24, 2.45) is 0 Å². The van der Waals surface area contributed by atoms with E-state index in [0.29, 0.717) is 15.8 Å². The maximum absolute atomic E-state index is 13.7. The van der Waals surface area contributed by atoms with Crippen molar-refractivity contribution in [2.45, 2.75) is 6.92 Å². The molecule has 0 saturated heterocycles. The molecule has 1 aromatic carbocycles. The molecule has 1 N–H and O–H groups in total. The fourth-order valence-electron chi connectivity index (χ4n) is 1.83. The molecule has 2 aromatic heterocycles. The van der Waals surface area contributed by atoms with Gasteiger partial charge >= 0.3 is 0 Å². The van der Waals surface area contributed by atoms with Gasteiger partial charge in [0, 0.05) is 4.88 Å². The average molecular weight is 260 g/mol. The van der Waals surface area contributed by atoms with Crippen LogP contribution in [0.2, 0.25) is 0 Å². The van der Waals surface area contributed by atoms with Gasteiger partial charge in [-0.25, -0.2) is 9.37 Å². The number of hydrogen-bond donors (Lipinski definition) is 1. The van der Waals surface area contributed by atoms with Crippen LogP contribution in [0, 0.1) is 12.7 Å². The van der Waals surface area contributed by atoms with Gasteiger partial charge in [-0.05, 0) is 25.1 Å². The van der Waals surface area contributed by atoms with E-state index in [0.717, 1.165) is 4.88 Å². The summed E-state index contributed by atoms with van der Waals surface area (Å²) in [6, 6.07) is 8.04. The number of aryl methyl sites for hydroxylation is 1. The molecule has 3 aromatic rings. The number of halogens is 1. The summed E-state index contributed by atoms with van der Waals surface area (Å²) < 4.78 is 13.7. The fourth-order valence-corrected chi connectivity index (χ4v) is 2.71. The predicted octanol–water partition coefficient (Wildman–Crippen LogP) is 3.10. The molecule has 0 saturated carbocycles. The van der Waals surface area contributed by atoms with Crippen molar-refractivity contribution >= 4 is 21.6 Å². The second-order valence-corrected chi connectivity index (χ2v) is 5.21. The number of H-pyrrole nitrogens is 1. The average Bonchev–Trinajstić information content (AvgIpc) is 2.71. The van der Waals surface area contributed by atoms with Gasteiger partial charge in [-0.3, -0.25) is 4.79 Å². The number of aromatic nitrogens is 2. The minimum absolute atomic E-state index is 0.234. The summed E-state index contributed by atoms with van der Waals surface area (Å²) in [4.78, 5) is 20.5. The number of fused-ring (bicyclic) bond motifs is 1. The van der Waals surface area contributed by atoms with Crippen molar-refractivity contribution in [3.05, 3.63) is 51.4 Å². The van der Waals surface area contributed by atoms with E-state index in [1.54, 1.807) is 24.3 Å². The predicted molar refractivity (Wildman–Crippen MR) is 70.4 cm³/mol. The summed E-state index contributed by atoms with van der Waals surface area (Å²) in [7, 11) is 0. The van der Waals surface area contributed by atoms with Gasteiger partial charge in [-0.15, -0.1) is 11.3 Å². The molecule has 0 unspecified atom stereocenters. The highest BCUT2D eigenvalue weighted by Crippen LogP contribution is 2.24. The quantitative estimate of drug-likeness (QED) is 0.730. The maximum atomic E-state index is 13.7. The van der Waals surface area contributed by atoms with Gasteiger partial charge in [-0.1, -0.05) is 12.1 Å². The Morgan fingerprint density at radius 1 is 1.33 bits per heavy atom. The lowest BCUT2D eigenvalue weighted by atomic mass is 10.2. The van der Waals surface area contributed by atoms with E-state index in [1.165, 1.54) is 17.4 Å². The number of nitrogens with zero attached hydrogens (tertiary/aromatic N) is 1. The summed E-state index contributed by atoms with van der Waals surface area (Å²) in [6.45, 7) is 1.91. The first kappa shape index (κ1) is 11.1. The van der Waals surface area contributed by atoms with Crippen molar-refractivity contribution in [2.75, 3.05) is 0 Å². The normalized spacial score (nSPS) is 11.0. The smallest absolute Gasteiger partial charge is 0.259 e. The molecule has 2 heterocycles. The number of hydrogen-bond acceptors (Lipinski definition) is 3. The Balaban J connectivity index is 2.31. The molecule has 0 fully saturated rings. The van der Waals surface area contributed by atoms with Gasteiger partial charge < -0.3 is 4.98 Å². The van der Waals surface area contributed by atoms with E-state index in [9.17, 15) is 9.18 Å². The van der Waals surface area contributed by atoms with Crippen molar-refractivity contribution in [1.82, 2.24) is 9.97 Å². The third-order valence-corrected chi connectivity index (χ3v) is 3.60. The van der Waals surface area contributed by atoms with Crippen LogP contribution >= 0.6 is 11.3 Å². The van der Waals surface area contributed by atoms with Crippen LogP contribution < -0.4 is 5.56 Å². The van der Waals surface area contributed by atoms with Crippen LogP contribution in [0.1, 0.15) is 4.88 Å². The van der Waals surface area contributed by atoms with Crippen LogP contribution in [0.4, 0.5) is 4.39 Å². The third-order valence-electron chi connectivity index (χ3n) is 2.65. The lowest BCUT2D eigenvalue weighted by Gasteiger charge is -2.01. The molecule has 0 aliphatic heterocycles. The van der Waals surface area contributed by atoms with Crippen LogP contribution in [0.5, 0.6) is 0 Å². The highest BCUT2D eigenvalue weighted by Gasteiger charge is 2.11. The van der Waals surface area contributed by atoms with Gasteiger partial charge in [-0.2, -0.15) is 0 Å². The number of nitrogens with one attached hydrogen (secondary N) is 1. The molecule has 0 aliphatic rings. The van der Waals surface area contributed by atoms with Gasteiger partial charge in [0.05, 0.1) is 10.9 Å². The van der Waals surface area contributed by atoms with Crippen LogP contribution in [0.15, 0.2) is 35.1 Å². The minimum atomic E-state index is -0.395. The SMILES string of the molecule is Cc1cc2c(=O)[nH]c(-c3ccccc3F)nc2s1. The fraction of sp³-hybridized carbons (Fsp3) is 0.0769. The zero-order valence-corrected chi connectivity index (χ0v) is 10.3. The zero-order valence-electron chi connectivity index (χ0n) is 9.53. The van der Waals surface area contributed by atoms with Crippen LogP contribution in [-0.4, -0.2) is 9.97 Å². The monoisotopic (exact) mass is 260 g/mol. The first-order chi connectivity index (χ1) is 8.65. The van der Waals surface area contributed by atoms with Crippen LogP contribution in [0.3, 0.4) is 0 Å². The first-order valence-electron chi connectivity index (χ1n) is 5.40. The van der Waals surface area contributed by atoms with E-state index < -0.39 is 5.82 Å². The second kappa shape index (κ2) is 4.03. The van der Waals surface area contributed by atoms with Crippen molar-refractivity contribution in [3.63, 3.8) is 0 Å². The van der Waals surface area contributed by atoms with E-state index in [1.807, 2.05) is 6.92 Å². The van der Waals surface area contributed by atoms with E-state index in [-0.39, 0.29) is 11.4 Å². The molecule has 0 amide bonds. The highest BCUT2D eigenvalue weighted by atomic mass is 32.1.